The van der Waals surface area contributed by atoms with Gasteiger partial charge in [0.25, 0.3) is 0 Å². The number of benzene rings is 2. The first-order chi connectivity index (χ1) is 9.97. The normalized spacial score (nSPS) is 10.8. The summed E-state index contributed by atoms with van der Waals surface area (Å²) in [4.78, 5) is 10.5. The molecule has 108 valence electrons. The van der Waals surface area contributed by atoms with Gasteiger partial charge >= 0.3 is 0 Å². The molecule has 0 spiro atoms. The summed E-state index contributed by atoms with van der Waals surface area (Å²) in [6, 6.07) is 9.93. The minimum absolute atomic E-state index is 0.226. The molecule has 2 rings (SSSR count). The average Bonchev–Trinajstić information content (AvgIpc) is 2.43. The summed E-state index contributed by atoms with van der Waals surface area (Å²) in [5.41, 5.74) is 4.65. The largest absolute Gasteiger partial charge is 0.507 e. The molecule has 0 fully saturated rings. The lowest BCUT2D eigenvalue weighted by molar-refractivity contribution is -0.445. The summed E-state index contributed by atoms with van der Waals surface area (Å²) >= 11 is 0. The van der Waals surface area contributed by atoms with Crippen molar-refractivity contribution in [3.8, 4) is 5.75 Å². The summed E-state index contributed by atoms with van der Waals surface area (Å²) in [5, 5.41) is 27.6. The van der Waals surface area contributed by atoms with E-state index in [2.05, 4.69) is 15.7 Å². The van der Waals surface area contributed by atoms with Crippen LogP contribution in [0, 0.1) is 24.0 Å². The Morgan fingerprint density at radius 3 is 2.38 bits per heavy atom. The number of phenolic OH excluding ortho intramolecular Hbond substituents is 1. The lowest BCUT2D eigenvalue weighted by Gasteiger charge is -2.04. The Labute approximate surface area is 121 Å². The van der Waals surface area contributed by atoms with Crippen molar-refractivity contribution in [2.24, 2.45) is 10.2 Å². The van der Waals surface area contributed by atoms with E-state index in [4.69, 9.17) is 0 Å². The lowest BCUT2D eigenvalue weighted by atomic mass is 10.1. The van der Waals surface area contributed by atoms with Crippen LogP contribution in [0.4, 0.5) is 17.1 Å². The van der Waals surface area contributed by atoms with Gasteiger partial charge in [0, 0.05) is 0 Å². The van der Waals surface area contributed by atoms with Gasteiger partial charge in [0.1, 0.15) is 17.1 Å². The number of nitro groups is 1. The van der Waals surface area contributed by atoms with Gasteiger partial charge in [0.15, 0.2) is 5.03 Å². The van der Waals surface area contributed by atoms with E-state index in [1.54, 1.807) is 50.2 Å². The van der Waals surface area contributed by atoms with Crippen LogP contribution >= 0.6 is 0 Å². The topological polar surface area (TPSA) is 100 Å². The van der Waals surface area contributed by atoms with Crippen LogP contribution in [0.2, 0.25) is 0 Å². The Morgan fingerprint density at radius 2 is 1.76 bits per heavy atom. The van der Waals surface area contributed by atoms with E-state index in [-0.39, 0.29) is 11.4 Å². The van der Waals surface area contributed by atoms with Gasteiger partial charge in [-0.05, 0) is 49.2 Å². The molecule has 0 amide bonds. The van der Waals surface area contributed by atoms with E-state index >= 15 is 0 Å². The number of hydrogen-bond acceptors (Lipinski definition) is 5. The molecule has 0 unspecified atom stereocenters. The number of anilines is 1. The minimum atomic E-state index is -0.650. The Kier molecular flexibility index (Phi) is 4.13. The summed E-state index contributed by atoms with van der Waals surface area (Å²) in [6.45, 7) is 3.53. The number of nitrogens with one attached hydrogen (secondary N) is 1. The van der Waals surface area contributed by atoms with E-state index in [0.717, 1.165) is 0 Å². The van der Waals surface area contributed by atoms with Crippen molar-refractivity contribution in [3.05, 3.63) is 57.6 Å². The average molecular weight is 286 g/mol. The summed E-state index contributed by atoms with van der Waals surface area (Å²) < 4.78 is 0. The molecule has 7 nitrogen and oxygen atoms in total. The van der Waals surface area contributed by atoms with Crippen molar-refractivity contribution in [3.63, 3.8) is 0 Å². The molecule has 2 aromatic carbocycles. The summed E-state index contributed by atoms with van der Waals surface area (Å²) in [7, 11) is 0. The second-order valence-electron chi connectivity index (χ2n) is 4.51. The van der Waals surface area contributed by atoms with E-state index in [1.807, 2.05) is 0 Å². The first-order valence-electron chi connectivity index (χ1n) is 6.19. The predicted octanol–water partition coefficient (Wildman–Crippen LogP) is 4.03. The van der Waals surface area contributed by atoms with Crippen molar-refractivity contribution in [1.82, 2.24) is 0 Å². The highest BCUT2D eigenvalue weighted by molar-refractivity contribution is 5.63. The number of rotatable bonds is 4. The van der Waals surface area contributed by atoms with Gasteiger partial charge in [-0.25, -0.2) is 10.1 Å². The number of hydrogen-bond donors (Lipinski definition) is 2. The zero-order valence-corrected chi connectivity index (χ0v) is 11.6. The fourth-order valence-corrected chi connectivity index (χ4v) is 1.86. The van der Waals surface area contributed by atoms with Crippen LogP contribution in [-0.4, -0.2) is 10.1 Å². The molecule has 21 heavy (non-hydrogen) atoms. The monoisotopic (exact) mass is 286 g/mol. The molecular weight excluding hydrogens is 272 g/mol. The molecule has 7 heteroatoms. The maximum Gasteiger partial charge on any atom is 0.162 e. The molecule has 2 N–H and O–H groups in total. The van der Waals surface area contributed by atoms with Crippen LogP contribution in [0.15, 0.2) is 46.6 Å². The van der Waals surface area contributed by atoms with Gasteiger partial charge in [0.05, 0.1) is 5.69 Å². The summed E-state index contributed by atoms with van der Waals surface area (Å²) in [6.07, 6.45) is 0. The molecule has 0 atom stereocenters. The van der Waals surface area contributed by atoms with E-state index in [9.17, 15) is 15.2 Å². The molecule has 0 aliphatic carbocycles. The smallest absolute Gasteiger partial charge is 0.162 e. The highest BCUT2D eigenvalue weighted by Gasteiger charge is 2.06. The molecule has 0 saturated carbocycles. The molecule has 2 aromatic rings. The number of hydrazine groups is 1. The Hall–Kier alpha value is -2.96. The first-order valence-corrected chi connectivity index (χ1v) is 6.19. The fraction of sp³-hybridized carbons (Fsp3) is 0.143. The fourth-order valence-electron chi connectivity index (χ4n) is 1.86. The van der Waals surface area contributed by atoms with Crippen molar-refractivity contribution in [2.75, 3.05) is 5.43 Å². The quantitative estimate of drug-likeness (QED) is 0.503. The van der Waals surface area contributed by atoms with Crippen molar-refractivity contribution < 1.29 is 10.1 Å². The van der Waals surface area contributed by atoms with Crippen LogP contribution in [0.5, 0.6) is 5.75 Å². The molecule has 0 bridgehead atoms. The Morgan fingerprint density at radius 1 is 1.14 bits per heavy atom. The maximum absolute atomic E-state index is 10.5. The van der Waals surface area contributed by atoms with E-state index in [0.29, 0.717) is 22.5 Å². The third-order valence-corrected chi connectivity index (χ3v) is 2.86. The van der Waals surface area contributed by atoms with Gasteiger partial charge < -0.3 is 5.11 Å². The van der Waals surface area contributed by atoms with Crippen LogP contribution in [-0.2, 0) is 0 Å². The first kappa shape index (κ1) is 14.4. The van der Waals surface area contributed by atoms with Crippen LogP contribution < -0.4 is 5.43 Å². The van der Waals surface area contributed by atoms with Crippen LogP contribution in [0.25, 0.3) is 0 Å². The van der Waals surface area contributed by atoms with Gasteiger partial charge in [0.2, 0.25) is 0 Å². The number of aryl methyl sites for hydroxylation is 2. The standard InChI is InChI=1S/C14H14N4O3/c1-9-7-11(8-10(2)14(9)19)15-16-12-5-3-4-6-13(12)17-18(20)21/h3-8,17,19H,1-2H3. The van der Waals surface area contributed by atoms with Crippen molar-refractivity contribution in [1.29, 1.82) is 0 Å². The van der Waals surface area contributed by atoms with Gasteiger partial charge in [-0.2, -0.15) is 5.11 Å². The van der Waals surface area contributed by atoms with Crippen molar-refractivity contribution >= 4 is 17.1 Å². The Bertz CT molecular complexity index is 690. The van der Waals surface area contributed by atoms with Gasteiger partial charge in [-0.1, -0.05) is 12.1 Å². The molecule has 0 aliphatic heterocycles. The molecule has 0 heterocycles. The molecular formula is C14H14N4O3. The molecule has 0 aromatic heterocycles. The Balaban J connectivity index is 2.31. The minimum Gasteiger partial charge on any atom is -0.507 e. The number of nitrogens with zero attached hydrogens (tertiary/aromatic N) is 3. The number of aromatic hydroxyl groups is 1. The summed E-state index contributed by atoms with van der Waals surface area (Å²) in [5.74, 6) is 0.226. The van der Waals surface area contributed by atoms with E-state index < -0.39 is 5.03 Å². The number of azo groups is 1. The number of para-hydroxylation sites is 1. The molecule has 0 radical (unpaired) electrons. The highest BCUT2D eigenvalue weighted by atomic mass is 16.7. The highest BCUT2D eigenvalue weighted by Crippen LogP contribution is 2.30. The van der Waals surface area contributed by atoms with Crippen molar-refractivity contribution in [2.45, 2.75) is 13.8 Å². The lowest BCUT2D eigenvalue weighted by Crippen LogP contribution is -2.07. The predicted molar refractivity (Wildman–Crippen MR) is 78.8 cm³/mol. The third kappa shape index (κ3) is 3.53. The van der Waals surface area contributed by atoms with Crippen LogP contribution in [0.1, 0.15) is 11.1 Å². The third-order valence-electron chi connectivity index (χ3n) is 2.86. The van der Waals surface area contributed by atoms with E-state index in [1.165, 1.54) is 0 Å². The number of phenols is 1. The zero-order valence-electron chi connectivity index (χ0n) is 11.6. The zero-order chi connectivity index (χ0) is 15.4. The SMILES string of the molecule is Cc1cc(N=Nc2ccccc2N[N+](=O)[O-])cc(C)c1O. The van der Waals surface area contributed by atoms with Gasteiger partial charge in [-0.15, -0.1) is 10.5 Å². The second kappa shape index (κ2) is 6.00. The molecule has 0 aliphatic rings. The maximum atomic E-state index is 10.5. The second-order valence-corrected chi connectivity index (χ2v) is 4.51. The van der Waals surface area contributed by atoms with Gasteiger partial charge in [-0.3, -0.25) is 0 Å². The van der Waals surface area contributed by atoms with Crippen LogP contribution in [0.3, 0.4) is 0 Å². The molecule has 0 saturated heterocycles.